The van der Waals surface area contributed by atoms with Crippen LogP contribution >= 0.6 is 116 Å². The summed E-state index contributed by atoms with van der Waals surface area (Å²) in [4.78, 5) is 0. The van der Waals surface area contributed by atoms with Crippen LogP contribution in [0, 0.1) is 0 Å². The van der Waals surface area contributed by atoms with Crippen molar-refractivity contribution in [2.24, 2.45) is 0 Å². The van der Waals surface area contributed by atoms with Crippen LogP contribution in [0.25, 0.3) is 0 Å². The molecule has 2 rings (SSSR count). The van der Waals surface area contributed by atoms with Crippen LogP contribution in [0.15, 0.2) is 0 Å². The fourth-order valence-electron chi connectivity index (χ4n) is 1.19. The van der Waals surface area contributed by atoms with Crippen LogP contribution in [0.3, 0.4) is 0 Å². The average molecular weight is 598 g/mol. The van der Waals surface area contributed by atoms with E-state index >= 15 is 0 Å². The normalized spacial score (nSPS) is 10.0. The Bertz CT molecular complexity index is 534. The van der Waals surface area contributed by atoms with Crippen LogP contribution in [0.2, 0.25) is 50.2 Å². The van der Waals surface area contributed by atoms with Gasteiger partial charge in [-0.2, -0.15) is 0 Å². The van der Waals surface area contributed by atoms with Gasteiger partial charge in [-0.15, -0.1) is 0 Å². The van der Waals surface area contributed by atoms with Gasteiger partial charge in [-0.05, 0) is 0 Å². The van der Waals surface area contributed by atoms with Crippen molar-refractivity contribution in [2.75, 3.05) is 0 Å². The summed E-state index contributed by atoms with van der Waals surface area (Å²) in [6.07, 6.45) is 0. The summed E-state index contributed by atoms with van der Waals surface area (Å²) in [5.74, 6) is -0.726. The Labute approximate surface area is 205 Å². The summed E-state index contributed by atoms with van der Waals surface area (Å²) in [6, 6.07) is 0. The first-order chi connectivity index (χ1) is 10.9. The van der Waals surface area contributed by atoms with Crippen LogP contribution in [-0.2, 0) is 19.5 Å². The fourth-order valence-corrected chi connectivity index (χ4v) is 3.44. The van der Waals surface area contributed by atoms with Gasteiger partial charge in [0.2, 0.25) is 0 Å². The molecule has 0 aliphatic heterocycles. The molecule has 13 heteroatoms. The number of hydrogen-bond donors (Lipinski definition) is 2. The van der Waals surface area contributed by atoms with E-state index in [1.807, 2.05) is 0 Å². The van der Waals surface area contributed by atoms with Crippen LogP contribution in [0.5, 0.6) is 11.5 Å². The second-order valence-electron chi connectivity index (χ2n) is 3.84. The van der Waals surface area contributed by atoms with Gasteiger partial charge in [0.05, 0.1) is 30.1 Å². The molecular weight excluding hydrogens is 596 g/mol. The summed E-state index contributed by atoms with van der Waals surface area (Å²) in [5, 5.41) is 18.0. The van der Waals surface area contributed by atoms with Crippen molar-refractivity contribution in [3.8, 4) is 11.5 Å². The molecule has 0 unspecified atom stereocenters. The van der Waals surface area contributed by atoms with E-state index in [0.29, 0.717) is 0 Å². The van der Waals surface area contributed by atoms with Crippen LogP contribution in [-0.4, -0.2) is 10.2 Å². The summed E-state index contributed by atoms with van der Waals surface area (Å²) in [7, 11) is 0. The zero-order chi connectivity index (χ0) is 18.9. The maximum absolute atomic E-state index is 9.20. The van der Waals surface area contributed by atoms with E-state index in [9.17, 15) is 10.2 Å². The quantitative estimate of drug-likeness (QED) is 0.180. The van der Waals surface area contributed by atoms with Gasteiger partial charge in [0.25, 0.3) is 0 Å². The van der Waals surface area contributed by atoms with E-state index in [4.69, 9.17) is 116 Å². The first-order valence-corrected chi connectivity index (χ1v) is 9.12. The summed E-state index contributed by atoms with van der Waals surface area (Å²) in [5.41, 5.74) is 0. The van der Waals surface area contributed by atoms with Gasteiger partial charge in [-0.1, -0.05) is 116 Å². The summed E-state index contributed by atoms with van der Waals surface area (Å²) in [6.45, 7) is 0. The molecule has 2 nitrogen and oxygen atoms in total. The molecule has 0 spiro atoms. The topological polar surface area (TPSA) is 40.5 Å². The molecule has 0 aliphatic carbocycles. The predicted molar refractivity (Wildman–Crippen MR) is 106 cm³/mol. The number of aromatic hydroxyl groups is 2. The molecule has 0 saturated carbocycles. The van der Waals surface area contributed by atoms with Gasteiger partial charge in [-0.25, -0.2) is 0 Å². The minimum atomic E-state index is -0.363. The second kappa shape index (κ2) is 10.9. The SMILES string of the molecule is Oc1c(Cl)c(Cl)c(Cl)c(Cl)c1Cl.Oc1c(Cl)c(Cl)c(Cl)c(Cl)c1Cl.[Zn+2]. The smallest absolute Gasteiger partial charge is 0.505 e. The Hall–Kier alpha value is 1.56. The molecule has 25 heavy (non-hydrogen) atoms. The van der Waals surface area contributed by atoms with Crippen molar-refractivity contribution in [1.29, 1.82) is 0 Å². The monoisotopic (exact) mass is 592 g/mol. The summed E-state index contributed by atoms with van der Waals surface area (Å²) >= 11 is 55.8. The molecule has 0 aliphatic rings. The van der Waals surface area contributed by atoms with E-state index < -0.39 is 0 Å². The molecule has 0 atom stereocenters. The van der Waals surface area contributed by atoms with Crippen molar-refractivity contribution in [3.63, 3.8) is 0 Å². The molecule has 0 radical (unpaired) electrons. The van der Waals surface area contributed by atoms with Gasteiger partial charge < -0.3 is 10.2 Å². The Kier molecular flexibility index (Phi) is 11.6. The number of rotatable bonds is 0. The standard InChI is InChI=1S/2C6HCl5O.Zn/c2*7-1-2(8)4(10)6(12)5(11)3(1)9;/h2*12H;/q;;+2. The average Bonchev–Trinajstić information content (AvgIpc) is 2.58. The number of phenols is 2. The van der Waals surface area contributed by atoms with Gasteiger partial charge in [0, 0.05) is 0 Å². The molecule has 0 aromatic heterocycles. The minimum Gasteiger partial charge on any atom is -0.505 e. The van der Waals surface area contributed by atoms with Gasteiger partial charge in [0.15, 0.2) is 11.5 Å². The van der Waals surface area contributed by atoms with Crippen molar-refractivity contribution in [2.45, 2.75) is 0 Å². The first-order valence-electron chi connectivity index (χ1n) is 5.34. The van der Waals surface area contributed by atoms with Crippen molar-refractivity contribution < 1.29 is 29.7 Å². The molecule has 0 bridgehead atoms. The third-order valence-electron chi connectivity index (χ3n) is 2.37. The second-order valence-corrected chi connectivity index (χ2v) is 7.62. The van der Waals surface area contributed by atoms with Gasteiger partial charge >= 0.3 is 19.5 Å². The van der Waals surface area contributed by atoms with Crippen LogP contribution < -0.4 is 0 Å². The Morgan fingerprint density at radius 1 is 0.320 bits per heavy atom. The third kappa shape index (κ3) is 5.78. The van der Waals surface area contributed by atoms with E-state index in [0.717, 1.165) is 0 Å². The Balaban J connectivity index is 0.000000443. The molecule has 0 heterocycles. The number of hydrogen-bond acceptors (Lipinski definition) is 2. The zero-order valence-electron chi connectivity index (χ0n) is 11.4. The van der Waals surface area contributed by atoms with E-state index in [2.05, 4.69) is 0 Å². The van der Waals surface area contributed by atoms with E-state index in [-0.39, 0.29) is 81.2 Å². The van der Waals surface area contributed by atoms with Crippen molar-refractivity contribution >= 4 is 116 Å². The van der Waals surface area contributed by atoms with Crippen LogP contribution in [0.1, 0.15) is 0 Å². The zero-order valence-corrected chi connectivity index (χ0v) is 21.9. The molecule has 2 aromatic rings. The van der Waals surface area contributed by atoms with Gasteiger partial charge in [0.1, 0.15) is 20.1 Å². The third-order valence-corrected chi connectivity index (χ3v) is 6.89. The maximum atomic E-state index is 9.20. The molecule has 0 fully saturated rings. The minimum absolute atomic E-state index is 0. The van der Waals surface area contributed by atoms with Crippen molar-refractivity contribution in [1.82, 2.24) is 0 Å². The molecule has 0 amide bonds. The molecular formula is C12H2Cl10O2Zn+2. The Morgan fingerprint density at radius 3 is 0.600 bits per heavy atom. The molecule has 0 saturated heterocycles. The first kappa shape index (κ1) is 26.6. The van der Waals surface area contributed by atoms with Crippen LogP contribution in [0.4, 0.5) is 0 Å². The predicted octanol–water partition coefficient (Wildman–Crippen LogP) is 9.32. The molecule has 132 valence electrons. The molecule has 2 aromatic carbocycles. The maximum Gasteiger partial charge on any atom is 2.00 e. The largest absolute Gasteiger partial charge is 2.00 e. The van der Waals surface area contributed by atoms with Gasteiger partial charge in [-0.3, -0.25) is 0 Å². The fraction of sp³-hybridized carbons (Fsp3) is 0. The summed E-state index contributed by atoms with van der Waals surface area (Å²) < 4.78 is 0. The van der Waals surface area contributed by atoms with E-state index in [1.54, 1.807) is 0 Å². The number of phenolic OH excluding ortho intramolecular Hbond substituents is 2. The number of halogens is 10. The number of benzene rings is 2. The van der Waals surface area contributed by atoms with Crippen molar-refractivity contribution in [3.05, 3.63) is 50.2 Å². The van der Waals surface area contributed by atoms with E-state index in [1.165, 1.54) is 0 Å². The molecule has 2 N–H and O–H groups in total. The Morgan fingerprint density at radius 2 is 0.440 bits per heavy atom.